The molecule has 0 fully saturated rings. The van der Waals surface area contributed by atoms with Gasteiger partial charge in [0.05, 0.1) is 12.7 Å². The molecule has 6 heteroatoms. The fraction of sp³-hybridized carbons (Fsp3) is 0.0909. The molecule has 28 heavy (non-hydrogen) atoms. The molecule has 0 saturated carbocycles. The number of hydrogen-bond acceptors (Lipinski definition) is 4. The molecule has 0 aliphatic rings. The second-order valence-corrected chi connectivity index (χ2v) is 5.97. The van der Waals surface area contributed by atoms with Crippen LogP contribution in [0.2, 0.25) is 0 Å². The zero-order chi connectivity index (χ0) is 19.9. The summed E-state index contributed by atoms with van der Waals surface area (Å²) in [7, 11) is 1.28. The number of carbonyl (C=O) groups excluding carboxylic acids is 2. The summed E-state index contributed by atoms with van der Waals surface area (Å²) >= 11 is 0. The molecule has 0 unspecified atom stereocenters. The molecule has 3 rings (SSSR count). The fourth-order valence-electron chi connectivity index (χ4n) is 2.57. The molecule has 0 spiro atoms. The molecule has 3 aromatic carbocycles. The van der Waals surface area contributed by atoms with Crippen LogP contribution in [0.3, 0.4) is 0 Å². The Morgan fingerprint density at radius 3 is 2.46 bits per heavy atom. The average molecular weight is 379 g/mol. The van der Waals surface area contributed by atoms with E-state index in [1.54, 1.807) is 54.6 Å². The molecule has 0 aromatic heterocycles. The topological polar surface area (TPSA) is 64.6 Å². The van der Waals surface area contributed by atoms with Gasteiger partial charge in [-0.2, -0.15) is 0 Å². The molecule has 0 aliphatic heterocycles. The summed E-state index contributed by atoms with van der Waals surface area (Å²) < 4.78 is 23.6. The number of ether oxygens (including phenoxy) is 2. The second kappa shape index (κ2) is 8.81. The number of nitrogens with one attached hydrogen (secondary N) is 1. The molecule has 142 valence electrons. The van der Waals surface area contributed by atoms with Crippen molar-refractivity contribution in [3.63, 3.8) is 0 Å². The fourth-order valence-corrected chi connectivity index (χ4v) is 2.57. The molecule has 0 saturated heterocycles. The summed E-state index contributed by atoms with van der Waals surface area (Å²) in [6, 6.07) is 19.3. The normalized spacial score (nSPS) is 10.2. The molecule has 0 heterocycles. The van der Waals surface area contributed by atoms with Crippen LogP contribution in [0.25, 0.3) is 0 Å². The summed E-state index contributed by atoms with van der Waals surface area (Å²) in [6.07, 6.45) is 0. The maximum absolute atomic E-state index is 13.2. The SMILES string of the molecule is COC(=O)c1cccc(C(=O)Nc2cccc(OCc3cccc(F)c3)c2)c1. The number of carbonyl (C=O) groups is 2. The molecule has 0 bridgehead atoms. The highest BCUT2D eigenvalue weighted by Gasteiger charge is 2.11. The van der Waals surface area contributed by atoms with Gasteiger partial charge in [0.2, 0.25) is 0 Å². The Bertz CT molecular complexity index is 1000. The third-order valence-electron chi connectivity index (χ3n) is 3.93. The molecular weight excluding hydrogens is 361 g/mol. The van der Waals surface area contributed by atoms with Crippen molar-refractivity contribution in [1.29, 1.82) is 0 Å². The van der Waals surface area contributed by atoms with Gasteiger partial charge in [0.25, 0.3) is 5.91 Å². The zero-order valence-electron chi connectivity index (χ0n) is 15.1. The van der Waals surface area contributed by atoms with E-state index in [2.05, 4.69) is 10.1 Å². The molecule has 1 N–H and O–H groups in total. The Labute approximate surface area is 161 Å². The second-order valence-electron chi connectivity index (χ2n) is 5.97. The zero-order valence-corrected chi connectivity index (χ0v) is 15.1. The first kappa shape index (κ1) is 19.1. The third kappa shape index (κ3) is 4.94. The number of methoxy groups -OCH3 is 1. The van der Waals surface area contributed by atoms with Crippen LogP contribution in [0.15, 0.2) is 72.8 Å². The smallest absolute Gasteiger partial charge is 0.337 e. The average Bonchev–Trinajstić information content (AvgIpc) is 2.72. The first-order valence-electron chi connectivity index (χ1n) is 8.52. The van der Waals surface area contributed by atoms with Crippen LogP contribution in [0.4, 0.5) is 10.1 Å². The molecule has 1 amide bonds. The first-order valence-corrected chi connectivity index (χ1v) is 8.52. The van der Waals surface area contributed by atoms with Gasteiger partial charge in [-0.15, -0.1) is 0 Å². The van der Waals surface area contributed by atoms with E-state index in [4.69, 9.17) is 4.74 Å². The van der Waals surface area contributed by atoms with Crippen molar-refractivity contribution >= 4 is 17.6 Å². The quantitative estimate of drug-likeness (QED) is 0.643. The lowest BCUT2D eigenvalue weighted by Crippen LogP contribution is -2.13. The van der Waals surface area contributed by atoms with Crippen LogP contribution in [-0.2, 0) is 11.3 Å². The number of esters is 1. The van der Waals surface area contributed by atoms with E-state index >= 15 is 0 Å². The number of rotatable bonds is 6. The summed E-state index contributed by atoms with van der Waals surface area (Å²) in [4.78, 5) is 24.1. The van der Waals surface area contributed by atoms with Gasteiger partial charge < -0.3 is 14.8 Å². The van der Waals surface area contributed by atoms with Crippen molar-refractivity contribution in [1.82, 2.24) is 0 Å². The van der Waals surface area contributed by atoms with Crippen molar-refractivity contribution in [3.8, 4) is 5.75 Å². The summed E-state index contributed by atoms with van der Waals surface area (Å²) in [6.45, 7) is 0.205. The minimum absolute atomic E-state index is 0.205. The van der Waals surface area contributed by atoms with Gasteiger partial charge in [-0.25, -0.2) is 9.18 Å². The van der Waals surface area contributed by atoms with Crippen LogP contribution >= 0.6 is 0 Å². The van der Waals surface area contributed by atoms with Crippen molar-refractivity contribution in [2.24, 2.45) is 0 Å². The number of anilines is 1. The first-order chi connectivity index (χ1) is 13.5. The van der Waals surface area contributed by atoms with Crippen LogP contribution in [0, 0.1) is 5.82 Å². The Hall–Kier alpha value is -3.67. The van der Waals surface area contributed by atoms with E-state index in [1.165, 1.54) is 25.3 Å². The van der Waals surface area contributed by atoms with Gasteiger partial charge in [-0.05, 0) is 48.0 Å². The Morgan fingerprint density at radius 1 is 0.929 bits per heavy atom. The number of halogens is 1. The van der Waals surface area contributed by atoms with Gasteiger partial charge in [0, 0.05) is 17.3 Å². The molecular formula is C22H18FNO4. The Balaban J connectivity index is 1.67. The predicted octanol–water partition coefficient (Wildman–Crippen LogP) is 4.44. The van der Waals surface area contributed by atoms with Crippen LogP contribution < -0.4 is 10.1 Å². The molecule has 3 aromatic rings. The summed E-state index contributed by atoms with van der Waals surface area (Å²) in [5.74, 6) is -0.669. The highest BCUT2D eigenvalue weighted by atomic mass is 19.1. The van der Waals surface area contributed by atoms with Crippen molar-refractivity contribution in [2.45, 2.75) is 6.61 Å². The van der Waals surface area contributed by atoms with E-state index < -0.39 is 5.97 Å². The van der Waals surface area contributed by atoms with Crippen LogP contribution in [-0.4, -0.2) is 19.0 Å². The Morgan fingerprint density at radius 2 is 1.68 bits per heavy atom. The predicted molar refractivity (Wildman–Crippen MR) is 103 cm³/mol. The summed E-state index contributed by atoms with van der Waals surface area (Å²) in [5.41, 5.74) is 1.86. The van der Waals surface area contributed by atoms with Gasteiger partial charge in [-0.3, -0.25) is 4.79 Å². The summed E-state index contributed by atoms with van der Waals surface area (Å²) in [5, 5.41) is 2.76. The largest absolute Gasteiger partial charge is 0.489 e. The highest BCUT2D eigenvalue weighted by molar-refractivity contribution is 6.05. The van der Waals surface area contributed by atoms with Crippen molar-refractivity contribution in [3.05, 3.63) is 95.3 Å². The standard InChI is InChI=1S/C22H18FNO4/c1-27-22(26)17-7-3-6-16(12-17)21(25)24-19-9-4-10-20(13-19)28-14-15-5-2-8-18(23)11-15/h2-13H,14H2,1H3,(H,24,25). The highest BCUT2D eigenvalue weighted by Crippen LogP contribution is 2.20. The third-order valence-corrected chi connectivity index (χ3v) is 3.93. The lowest BCUT2D eigenvalue weighted by molar-refractivity contribution is 0.0600. The number of amides is 1. The van der Waals surface area contributed by atoms with E-state index in [9.17, 15) is 14.0 Å². The van der Waals surface area contributed by atoms with Crippen molar-refractivity contribution in [2.75, 3.05) is 12.4 Å². The van der Waals surface area contributed by atoms with Gasteiger partial charge in [0.15, 0.2) is 0 Å². The maximum Gasteiger partial charge on any atom is 0.337 e. The maximum atomic E-state index is 13.2. The minimum atomic E-state index is -0.512. The number of hydrogen-bond donors (Lipinski definition) is 1. The van der Waals surface area contributed by atoms with Gasteiger partial charge in [-0.1, -0.05) is 24.3 Å². The van der Waals surface area contributed by atoms with E-state index in [0.717, 1.165) is 0 Å². The minimum Gasteiger partial charge on any atom is -0.489 e. The van der Waals surface area contributed by atoms with Crippen molar-refractivity contribution < 1.29 is 23.5 Å². The van der Waals surface area contributed by atoms with E-state index in [-0.39, 0.29) is 18.3 Å². The van der Waals surface area contributed by atoms with E-state index in [0.29, 0.717) is 28.1 Å². The molecule has 0 atom stereocenters. The van der Waals surface area contributed by atoms with E-state index in [1.807, 2.05) is 0 Å². The lowest BCUT2D eigenvalue weighted by atomic mass is 10.1. The van der Waals surface area contributed by atoms with Crippen LogP contribution in [0.5, 0.6) is 5.75 Å². The van der Waals surface area contributed by atoms with Gasteiger partial charge in [0.1, 0.15) is 18.2 Å². The molecule has 0 radical (unpaired) electrons. The Kier molecular flexibility index (Phi) is 6.01. The van der Waals surface area contributed by atoms with Gasteiger partial charge >= 0.3 is 5.97 Å². The molecule has 0 aliphatic carbocycles. The molecule has 5 nitrogen and oxygen atoms in total. The number of benzene rings is 3. The lowest BCUT2D eigenvalue weighted by Gasteiger charge is -2.10. The van der Waals surface area contributed by atoms with Crippen LogP contribution in [0.1, 0.15) is 26.3 Å². The monoisotopic (exact) mass is 379 g/mol.